The number of carbonyl (C=O) groups is 2. The number of pyridine rings is 1. The van der Waals surface area contributed by atoms with Gasteiger partial charge in [-0.15, -0.1) is 0 Å². The van der Waals surface area contributed by atoms with Gasteiger partial charge in [0.1, 0.15) is 6.61 Å². The van der Waals surface area contributed by atoms with Crippen molar-refractivity contribution in [2.75, 3.05) is 7.11 Å². The fraction of sp³-hybridized carbons (Fsp3) is 0.345. The van der Waals surface area contributed by atoms with Gasteiger partial charge in [0.05, 0.1) is 19.1 Å². The molecule has 184 valence electrons. The number of esters is 2. The van der Waals surface area contributed by atoms with E-state index in [1.807, 2.05) is 13.8 Å². The fourth-order valence-corrected chi connectivity index (χ4v) is 4.12. The van der Waals surface area contributed by atoms with E-state index in [9.17, 15) is 9.59 Å². The highest BCUT2D eigenvalue weighted by atomic mass is 16.5. The number of aryl methyl sites for hydroxylation is 2. The third-order valence-corrected chi connectivity index (χ3v) is 5.93. The summed E-state index contributed by atoms with van der Waals surface area (Å²) in [5.41, 5.74) is 14.3. The summed E-state index contributed by atoms with van der Waals surface area (Å²) < 4.78 is 10.3. The zero-order valence-corrected chi connectivity index (χ0v) is 21.2. The monoisotopic (exact) mass is 474 g/mol. The molecule has 0 bridgehead atoms. The van der Waals surface area contributed by atoms with E-state index in [0.29, 0.717) is 18.0 Å². The third kappa shape index (κ3) is 6.55. The van der Waals surface area contributed by atoms with E-state index >= 15 is 0 Å². The number of carbonyl (C=O) groups excluding carboxylic acids is 2. The molecule has 6 heteroatoms. The predicted molar refractivity (Wildman–Crippen MR) is 137 cm³/mol. The molecule has 0 saturated heterocycles. The van der Waals surface area contributed by atoms with Crippen molar-refractivity contribution in [3.8, 4) is 11.1 Å². The van der Waals surface area contributed by atoms with Crippen LogP contribution in [0.25, 0.3) is 11.1 Å². The maximum Gasteiger partial charge on any atom is 0.337 e. The average molecular weight is 475 g/mol. The number of nitrogens with two attached hydrogens (primary N) is 1. The second-order valence-electron chi connectivity index (χ2n) is 9.17. The van der Waals surface area contributed by atoms with E-state index in [1.165, 1.54) is 7.11 Å². The van der Waals surface area contributed by atoms with E-state index in [0.717, 1.165) is 51.2 Å². The zero-order valence-electron chi connectivity index (χ0n) is 21.2. The Morgan fingerprint density at radius 2 is 1.63 bits per heavy atom. The Morgan fingerprint density at radius 3 is 2.20 bits per heavy atom. The van der Waals surface area contributed by atoms with Crippen LogP contribution in [-0.2, 0) is 40.3 Å². The van der Waals surface area contributed by atoms with Crippen LogP contribution >= 0.6 is 0 Å². The summed E-state index contributed by atoms with van der Waals surface area (Å²) in [6, 6.07) is 15.1. The first-order valence-corrected chi connectivity index (χ1v) is 11.8. The summed E-state index contributed by atoms with van der Waals surface area (Å²) in [7, 11) is 1.34. The first-order valence-electron chi connectivity index (χ1n) is 11.8. The van der Waals surface area contributed by atoms with Crippen LogP contribution in [0.1, 0.15) is 57.8 Å². The lowest BCUT2D eigenvalue weighted by molar-refractivity contribution is -0.144. The van der Waals surface area contributed by atoms with Crippen LogP contribution in [-0.4, -0.2) is 24.0 Å². The lowest BCUT2D eigenvalue weighted by atomic mass is 9.88. The van der Waals surface area contributed by atoms with Crippen molar-refractivity contribution in [1.29, 1.82) is 0 Å². The fourth-order valence-electron chi connectivity index (χ4n) is 4.12. The van der Waals surface area contributed by atoms with Crippen LogP contribution in [0.15, 0.2) is 48.5 Å². The molecule has 35 heavy (non-hydrogen) atoms. The minimum Gasteiger partial charge on any atom is -0.465 e. The van der Waals surface area contributed by atoms with Crippen LogP contribution < -0.4 is 5.73 Å². The quantitative estimate of drug-likeness (QED) is 0.434. The van der Waals surface area contributed by atoms with Crippen molar-refractivity contribution in [3.05, 3.63) is 87.7 Å². The molecule has 0 aliphatic rings. The molecule has 1 aromatic heterocycles. The summed E-state index contributed by atoms with van der Waals surface area (Å²) in [6.07, 6.45) is 0.912. The SMILES string of the molecule is COC(=O)c1ccc(COC(=O)Cc2c(C)nc(CC(C)C)c(CN)c2-c2ccc(C)cc2)cc1. The highest BCUT2D eigenvalue weighted by molar-refractivity contribution is 5.89. The molecule has 0 unspecified atom stereocenters. The highest BCUT2D eigenvalue weighted by Crippen LogP contribution is 2.33. The first kappa shape index (κ1) is 26.1. The number of aromatic nitrogens is 1. The van der Waals surface area contributed by atoms with E-state index < -0.39 is 5.97 Å². The van der Waals surface area contributed by atoms with Crippen molar-refractivity contribution in [2.24, 2.45) is 11.7 Å². The summed E-state index contributed by atoms with van der Waals surface area (Å²) in [5, 5.41) is 0. The summed E-state index contributed by atoms with van der Waals surface area (Å²) in [5.74, 6) is -0.323. The molecule has 3 rings (SSSR count). The molecule has 3 aromatic rings. The van der Waals surface area contributed by atoms with E-state index in [2.05, 4.69) is 38.1 Å². The molecule has 2 N–H and O–H groups in total. The maximum absolute atomic E-state index is 12.9. The standard InChI is InChI=1S/C29H34N2O4/c1-18(2)14-26-25(16-30)28(22-10-6-19(3)7-11-22)24(20(4)31-26)15-27(32)35-17-21-8-12-23(13-9-21)29(33)34-5/h6-13,18H,14-17,30H2,1-5H3. The Kier molecular flexibility index (Phi) is 8.77. The van der Waals surface area contributed by atoms with Crippen molar-refractivity contribution >= 4 is 11.9 Å². The molecule has 0 aliphatic heterocycles. The Hall–Kier alpha value is -3.51. The van der Waals surface area contributed by atoms with Gasteiger partial charge in [0.15, 0.2) is 0 Å². The Balaban J connectivity index is 1.89. The topological polar surface area (TPSA) is 91.5 Å². The van der Waals surface area contributed by atoms with Crippen LogP contribution in [0, 0.1) is 19.8 Å². The smallest absolute Gasteiger partial charge is 0.337 e. The van der Waals surface area contributed by atoms with Gasteiger partial charge in [-0.1, -0.05) is 55.8 Å². The predicted octanol–water partition coefficient (Wildman–Crippen LogP) is 5.10. The lowest BCUT2D eigenvalue weighted by Crippen LogP contribution is -2.16. The molecule has 0 radical (unpaired) electrons. The Bertz CT molecular complexity index is 1180. The Morgan fingerprint density at radius 1 is 0.971 bits per heavy atom. The van der Waals surface area contributed by atoms with Crippen LogP contribution in [0.3, 0.4) is 0 Å². The van der Waals surface area contributed by atoms with Crippen molar-refractivity contribution < 1.29 is 19.1 Å². The van der Waals surface area contributed by atoms with E-state index in [4.69, 9.17) is 20.2 Å². The second kappa shape index (κ2) is 11.8. The van der Waals surface area contributed by atoms with Crippen molar-refractivity contribution in [3.63, 3.8) is 0 Å². The van der Waals surface area contributed by atoms with Crippen LogP contribution in [0.5, 0.6) is 0 Å². The summed E-state index contributed by atoms with van der Waals surface area (Å²) >= 11 is 0. The zero-order chi connectivity index (χ0) is 25.5. The van der Waals surface area contributed by atoms with Gasteiger partial charge in [-0.2, -0.15) is 0 Å². The van der Waals surface area contributed by atoms with Crippen molar-refractivity contribution in [2.45, 2.75) is 53.7 Å². The number of benzene rings is 2. The van der Waals surface area contributed by atoms with Gasteiger partial charge in [-0.3, -0.25) is 9.78 Å². The molecular formula is C29H34N2O4. The molecule has 0 saturated carbocycles. The van der Waals surface area contributed by atoms with Gasteiger partial charge in [-0.25, -0.2) is 4.79 Å². The number of nitrogens with zero attached hydrogens (tertiary/aromatic N) is 1. The molecular weight excluding hydrogens is 440 g/mol. The molecule has 1 heterocycles. The number of ether oxygens (including phenoxy) is 2. The number of rotatable bonds is 9. The summed E-state index contributed by atoms with van der Waals surface area (Å²) in [4.78, 5) is 29.4. The van der Waals surface area contributed by atoms with Crippen molar-refractivity contribution in [1.82, 2.24) is 4.98 Å². The molecule has 0 spiro atoms. The number of hydrogen-bond donors (Lipinski definition) is 1. The molecule has 0 aliphatic carbocycles. The summed E-state index contributed by atoms with van der Waals surface area (Å²) in [6.45, 7) is 8.76. The second-order valence-corrected chi connectivity index (χ2v) is 9.17. The van der Waals surface area contributed by atoms with E-state index in [-0.39, 0.29) is 19.0 Å². The Labute approximate surface area is 207 Å². The molecule has 0 fully saturated rings. The minimum absolute atomic E-state index is 0.0945. The number of methoxy groups -OCH3 is 1. The highest BCUT2D eigenvalue weighted by Gasteiger charge is 2.21. The average Bonchev–Trinajstić information content (AvgIpc) is 2.84. The first-order chi connectivity index (χ1) is 16.7. The third-order valence-electron chi connectivity index (χ3n) is 5.93. The maximum atomic E-state index is 12.9. The van der Waals surface area contributed by atoms with Gasteiger partial charge in [0, 0.05) is 17.9 Å². The normalized spacial score (nSPS) is 10.9. The molecule has 6 nitrogen and oxygen atoms in total. The van der Waals surface area contributed by atoms with Gasteiger partial charge in [-0.05, 0) is 66.1 Å². The number of hydrogen-bond acceptors (Lipinski definition) is 6. The molecule has 2 aromatic carbocycles. The van der Waals surface area contributed by atoms with Gasteiger partial charge >= 0.3 is 11.9 Å². The molecule has 0 amide bonds. The van der Waals surface area contributed by atoms with Gasteiger partial charge in [0.2, 0.25) is 0 Å². The van der Waals surface area contributed by atoms with Crippen LogP contribution in [0.2, 0.25) is 0 Å². The van der Waals surface area contributed by atoms with Crippen LogP contribution in [0.4, 0.5) is 0 Å². The minimum atomic E-state index is -0.406. The van der Waals surface area contributed by atoms with Gasteiger partial charge in [0.25, 0.3) is 0 Å². The van der Waals surface area contributed by atoms with Gasteiger partial charge < -0.3 is 15.2 Å². The van der Waals surface area contributed by atoms with E-state index in [1.54, 1.807) is 24.3 Å². The molecule has 0 atom stereocenters. The largest absolute Gasteiger partial charge is 0.465 e. The lowest BCUT2D eigenvalue weighted by Gasteiger charge is -2.21.